The number of hydrogen-bond donors (Lipinski definition) is 2. The van der Waals surface area contributed by atoms with Gasteiger partial charge in [-0.3, -0.25) is 9.89 Å². The van der Waals surface area contributed by atoms with Gasteiger partial charge in [0.2, 0.25) is 0 Å². The lowest BCUT2D eigenvalue weighted by atomic mass is 10.1. The molecular formula is C20H32N4O2. The molecule has 26 heavy (non-hydrogen) atoms. The van der Waals surface area contributed by atoms with Crippen LogP contribution in [0.25, 0.3) is 0 Å². The molecule has 0 saturated carbocycles. The van der Waals surface area contributed by atoms with Gasteiger partial charge < -0.3 is 20.1 Å². The van der Waals surface area contributed by atoms with Crippen LogP contribution in [0.15, 0.2) is 17.1 Å². The van der Waals surface area contributed by atoms with Crippen molar-refractivity contribution >= 4 is 5.96 Å². The Morgan fingerprint density at radius 1 is 1.38 bits per heavy atom. The normalized spacial score (nSPS) is 22.8. The summed E-state index contributed by atoms with van der Waals surface area (Å²) in [5, 5.41) is 6.87. The number of fused-ring (bicyclic) bond motifs is 1. The van der Waals surface area contributed by atoms with E-state index >= 15 is 0 Å². The van der Waals surface area contributed by atoms with Crippen LogP contribution in [0.5, 0.6) is 11.5 Å². The van der Waals surface area contributed by atoms with Crippen LogP contribution in [-0.2, 0) is 13.0 Å². The van der Waals surface area contributed by atoms with E-state index in [1.807, 2.05) is 7.05 Å². The molecule has 2 aliphatic heterocycles. The van der Waals surface area contributed by atoms with E-state index in [9.17, 15) is 0 Å². The van der Waals surface area contributed by atoms with Gasteiger partial charge in [-0.05, 0) is 45.0 Å². The first-order valence-corrected chi connectivity index (χ1v) is 9.69. The van der Waals surface area contributed by atoms with Crippen molar-refractivity contribution in [3.8, 4) is 11.5 Å². The molecule has 1 saturated heterocycles. The molecule has 0 spiro atoms. The summed E-state index contributed by atoms with van der Waals surface area (Å²) in [5.74, 6) is 2.70. The number of methoxy groups -OCH3 is 1. The number of guanidine groups is 1. The highest BCUT2D eigenvalue weighted by atomic mass is 16.5. The number of benzene rings is 1. The SMILES string of the molecule is CCN1CCCC1CNC(=NC)NCc1cc2c(cc1OC)CC(C)O2. The second kappa shape index (κ2) is 8.62. The third-order valence-corrected chi connectivity index (χ3v) is 5.38. The van der Waals surface area contributed by atoms with Crippen molar-refractivity contribution in [3.63, 3.8) is 0 Å². The first-order chi connectivity index (χ1) is 12.6. The first-order valence-electron chi connectivity index (χ1n) is 9.69. The molecule has 2 atom stereocenters. The highest BCUT2D eigenvalue weighted by Gasteiger charge is 2.23. The largest absolute Gasteiger partial charge is 0.496 e. The molecule has 144 valence electrons. The lowest BCUT2D eigenvalue weighted by Crippen LogP contribution is -2.44. The maximum atomic E-state index is 5.88. The Morgan fingerprint density at radius 3 is 2.96 bits per heavy atom. The fourth-order valence-corrected chi connectivity index (χ4v) is 3.97. The summed E-state index contributed by atoms with van der Waals surface area (Å²) in [4.78, 5) is 6.89. The second-order valence-corrected chi connectivity index (χ2v) is 7.14. The standard InChI is InChI=1S/C20H32N4O2/c1-5-24-8-6-7-17(24)13-23-20(21-3)22-12-16-11-19-15(9-14(2)26-19)10-18(16)25-4/h10-11,14,17H,5-9,12-13H2,1-4H3,(H2,21,22,23). The topological polar surface area (TPSA) is 58.1 Å². The average Bonchev–Trinajstić information content (AvgIpc) is 3.25. The molecular weight excluding hydrogens is 328 g/mol. The number of aliphatic imine (C=N–C) groups is 1. The summed E-state index contributed by atoms with van der Waals surface area (Å²) in [5.41, 5.74) is 2.31. The molecule has 2 aliphatic rings. The van der Waals surface area contributed by atoms with E-state index in [2.05, 4.69) is 46.5 Å². The Labute approximate surface area is 157 Å². The predicted octanol–water partition coefficient (Wildman–Crippen LogP) is 2.17. The van der Waals surface area contributed by atoms with Crippen LogP contribution >= 0.6 is 0 Å². The molecule has 0 radical (unpaired) electrons. The molecule has 6 nitrogen and oxygen atoms in total. The van der Waals surface area contributed by atoms with Crippen LogP contribution in [0.4, 0.5) is 0 Å². The van der Waals surface area contributed by atoms with Crippen LogP contribution in [-0.4, -0.2) is 56.8 Å². The zero-order chi connectivity index (χ0) is 18.5. The smallest absolute Gasteiger partial charge is 0.191 e. The van der Waals surface area contributed by atoms with Gasteiger partial charge in [0.05, 0.1) is 7.11 Å². The van der Waals surface area contributed by atoms with Crippen molar-refractivity contribution in [3.05, 3.63) is 23.3 Å². The lowest BCUT2D eigenvalue weighted by molar-refractivity contribution is 0.254. The van der Waals surface area contributed by atoms with Crippen LogP contribution in [0, 0.1) is 0 Å². The minimum atomic E-state index is 0.236. The zero-order valence-corrected chi connectivity index (χ0v) is 16.5. The quantitative estimate of drug-likeness (QED) is 0.601. The number of ether oxygens (including phenoxy) is 2. The van der Waals surface area contributed by atoms with Gasteiger partial charge in [-0.1, -0.05) is 6.92 Å². The van der Waals surface area contributed by atoms with E-state index in [1.165, 1.54) is 24.9 Å². The number of hydrogen-bond acceptors (Lipinski definition) is 4. The van der Waals surface area contributed by atoms with E-state index in [1.54, 1.807) is 7.11 Å². The summed E-state index contributed by atoms with van der Waals surface area (Å²) in [6.07, 6.45) is 3.72. The summed E-state index contributed by atoms with van der Waals surface area (Å²) < 4.78 is 11.5. The van der Waals surface area contributed by atoms with E-state index in [4.69, 9.17) is 9.47 Å². The van der Waals surface area contributed by atoms with Crippen molar-refractivity contribution in [1.82, 2.24) is 15.5 Å². The summed E-state index contributed by atoms with van der Waals surface area (Å²) in [6, 6.07) is 4.79. The molecule has 1 aromatic carbocycles. The fraction of sp³-hybridized carbons (Fsp3) is 0.650. The van der Waals surface area contributed by atoms with Crippen LogP contribution in [0.3, 0.4) is 0 Å². The summed E-state index contributed by atoms with van der Waals surface area (Å²) in [6.45, 7) is 8.22. The van der Waals surface area contributed by atoms with Gasteiger partial charge in [-0.15, -0.1) is 0 Å². The van der Waals surface area contributed by atoms with Crippen LogP contribution in [0.1, 0.15) is 37.8 Å². The monoisotopic (exact) mass is 360 g/mol. The minimum absolute atomic E-state index is 0.236. The third-order valence-electron chi connectivity index (χ3n) is 5.38. The summed E-state index contributed by atoms with van der Waals surface area (Å²) in [7, 11) is 3.53. The van der Waals surface area contributed by atoms with Crippen molar-refractivity contribution in [1.29, 1.82) is 0 Å². The molecule has 0 aromatic heterocycles. The lowest BCUT2D eigenvalue weighted by Gasteiger charge is -2.24. The van der Waals surface area contributed by atoms with Gasteiger partial charge in [-0.25, -0.2) is 0 Å². The third kappa shape index (κ3) is 4.23. The molecule has 2 N–H and O–H groups in total. The van der Waals surface area contributed by atoms with Crippen LogP contribution < -0.4 is 20.1 Å². The highest BCUT2D eigenvalue weighted by molar-refractivity contribution is 5.79. The van der Waals surface area contributed by atoms with Gasteiger partial charge in [0, 0.05) is 43.7 Å². The van der Waals surface area contributed by atoms with Gasteiger partial charge in [0.1, 0.15) is 17.6 Å². The maximum Gasteiger partial charge on any atom is 0.191 e. The number of rotatable bonds is 6. The predicted molar refractivity (Wildman–Crippen MR) is 105 cm³/mol. The number of likely N-dealkylation sites (N-methyl/N-ethyl adjacent to an activating group) is 1. The van der Waals surface area contributed by atoms with E-state index < -0.39 is 0 Å². The highest BCUT2D eigenvalue weighted by Crippen LogP contribution is 2.34. The van der Waals surface area contributed by atoms with E-state index in [0.29, 0.717) is 12.6 Å². The van der Waals surface area contributed by atoms with Gasteiger partial charge >= 0.3 is 0 Å². The Bertz CT molecular complexity index is 647. The molecule has 2 heterocycles. The number of nitrogens with one attached hydrogen (secondary N) is 2. The van der Waals surface area contributed by atoms with Crippen molar-refractivity contribution in [2.24, 2.45) is 4.99 Å². The molecule has 1 aromatic rings. The van der Waals surface area contributed by atoms with Crippen LogP contribution in [0.2, 0.25) is 0 Å². The molecule has 1 fully saturated rings. The number of nitrogens with zero attached hydrogens (tertiary/aromatic N) is 2. The van der Waals surface area contributed by atoms with E-state index in [-0.39, 0.29) is 6.10 Å². The van der Waals surface area contributed by atoms with Gasteiger partial charge in [0.15, 0.2) is 5.96 Å². The second-order valence-electron chi connectivity index (χ2n) is 7.14. The average molecular weight is 361 g/mol. The number of likely N-dealkylation sites (tertiary alicyclic amines) is 1. The van der Waals surface area contributed by atoms with Crippen molar-refractivity contribution in [2.45, 2.75) is 51.8 Å². The van der Waals surface area contributed by atoms with E-state index in [0.717, 1.165) is 42.5 Å². The molecule has 2 unspecified atom stereocenters. The van der Waals surface area contributed by atoms with Gasteiger partial charge in [-0.2, -0.15) is 0 Å². The minimum Gasteiger partial charge on any atom is -0.496 e. The van der Waals surface area contributed by atoms with Crippen molar-refractivity contribution < 1.29 is 9.47 Å². The zero-order valence-electron chi connectivity index (χ0n) is 16.5. The fourth-order valence-electron chi connectivity index (χ4n) is 3.97. The maximum absolute atomic E-state index is 5.88. The van der Waals surface area contributed by atoms with Gasteiger partial charge in [0.25, 0.3) is 0 Å². The summed E-state index contributed by atoms with van der Waals surface area (Å²) >= 11 is 0. The Balaban J connectivity index is 1.58. The molecule has 3 rings (SSSR count). The molecule has 0 aliphatic carbocycles. The Kier molecular flexibility index (Phi) is 6.25. The molecule has 0 bridgehead atoms. The Hall–Kier alpha value is -1.95. The molecule has 0 amide bonds. The van der Waals surface area contributed by atoms with Crippen molar-refractivity contribution in [2.75, 3.05) is 33.8 Å². The first kappa shape index (κ1) is 18.8. The Morgan fingerprint density at radius 2 is 2.23 bits per heavy atom. The molecule has 6 heteroatoms.